The molecular weight excluding hydrogens is 306 g/mol. The number of aliphatic carboxylic acids is 1. The van der Waals surface area contributed by atoms with E-state index in [1.54, 1.807) is 0 Å². The summed E-state index contributed by atoms with van der Waals surface area (Å²) in [7, 11) is 0. The summed E-state index contributed by atoms with van der Waals surface area (Å²) in [6.07, 6.45) is 1.03. The van der Waals surface area contributed by atoms with Gasteiger partial charge in [-0.15, -0.1) is 0 Å². The molecule has 0 aliphatic rings. The molecule has 0 spiro atoms. The van der Waals surface area contributed by atoms with Gasteiger partial charge in [0.2, 0.25) is 5.88 Å². The number of aryl methyl sites for hydroxylation is 1. The van der Waals surface area contributed by atoms with Gasteiger partial charge in [0, 0.05) is 0 Å². The van der Waals surface area contributed by atoms with Crippen molar-refractivity contribution >= 4 is 5.97 Å². The summed E-state index contributed by atoms with van der Waals surface area (Å²) in [5.74, 6) is 3.69. The zero-order chi connectivity index (χ0) is 17.4. The van der Waals surface area contributed by atoms with Crippen LogP contribution in [0.15, 0.2) is 72.2 Å². The normalized spacial score (nSPS) is 12.9. The van der Waals surface area contributed by atoms with E-state index < -0.39 is 5.97 Å². The van der Waals surface area contributed by atoms with Crippen LogP contribution in [0.4, 0.5) is 0 Å². The number of rotatable bonds is 8. The average Bonchev–Trinajstić information content (AvgIpc) is 2.60. The van der Waals surface area contributed by atoms with Crippen molar-refractivity contribution in [1.82, 2.24) is 5.43 Å². The first-order valence-corrected chi connectivity index (χ1v) is 7.57. The molecule has 6 heteroatoms. The zero-order valence-electron chi connectivity index (χ0n) is 13.2. The highest BCUT2D eigenvalue weighted by atomic mass is 16.5. The lowest BCUT2D eigenvalue weighted by atomic mass is 10.0. The summed E-state index contributed by atoms with van der Waals surface area (Å²) in [5.41, 5.74) is 9.55. The highest BCUT2D eigenvalue weighted by Crippen LogP contribution is 2.25. The van der Waals surface area contributed by atoms with Gasteiger partial charge in [-0.2, -0.15) is 0 Å². The number of hydrogen-bond acceptors (Lipinski definition) is 5. The third kappa shape index (κ3) is 4.76. The molecule has 0 fully saturated rings. The lowest BCUT2D eigenvalue weighted by Crippen LogP contribution is -2.31. The summed E-state index contributed by atoms with van der Waals surface area (Å²) in [5, 5.41) is 9.07. The molecule has 0 aromatic heterocycles. The maximum atomic E-state index is 11.1. The average molecular weight is 327 g/mol. The van der Waals surface area contributed by atoms with Crippen molar-refractivity contribution in [2.45, 2.75) is 18.9 Å². The largest absolute Gasteiger partial charge is 0.476 e. The number of carbonyl (C=O) groups is 1. The van der Waals surface area contributed by atoms with Crippen LogP contribution in [0.2, 0.25) is 0 Å². The Labute approximate surface area is 140 Å². The van der Waals surface area contributed by atoms with Gasteiger partial charge in [-0.3, -0.25) is 5.84 Å². The minimum atomic E-state index is -1.27. The molecular formula is C18H21N3O3. The molecule has 1 atom stereocenters. The number of nitrogens with one attached hydrogen (secondary N) is 1. The van der Waals surface area contributed by atoms with E-state index in [0.717, 1.165) is 12.0 Å². The van der Waals surface area contributed by atoms with Crippen LogP contribution in [0.25, 0.3) is 0 Å². The van der Waals surface area contributed by atoms with E-state index in [2.05, 4.69) is 5.43 Å². The molecule has 0 saturated carbocycles. The second-order valence-corrected chi connectivity index (χ2v) is 5.23. The second-order valence-electron chi connectivity index (χ2n) is 5.23. The number of hydrazine groups is 1. The van der Waals surface area contributed by atoms with Gasteiger partial charge in [0.15, 0.2) is 5.70 Å². The fourth-order valence-corrected chi connectivity index (χ4v) is 2.35. The van der Waals surface area contributed by atoms with Crippen LogP contribution in [0.5, 0.6) is 0 Å². The third-order valence-electron chi connectivity index (χ3n) is 3.58. The number of benzene rings is 2. The zero-order valence-corrected chi connectivity index (χ0v) is 13.2. The van der Waals surface area contributed by atoms with Gasteiger partial charge in [-0.1, -0.05) is 60.7 Å². The Bertz CT molecular complexity index is 687. The molecule has 0 bridgehead atoms. The van der Waals surface area contributed by atoms with Crippen LogP contribution in [-0.2, 0) is 16.0 Å². The van der Waals surface area contributed by atoms with E-state index in [1.165, 1.54) is 5.56 Å². The Morgan fingerprint density at radius 1 is 1.08 bits per heavy atom. The van der Waals surface area contributed by atoms with Crippen LogP contribution in [0.3, 0.4) is 0 Å². The van der Waals surface area contributed by atoms with Crippen LogP contribution in [0.1, 0.15) is 23.7 Å². The van der Waals surface area contributed by atoms with Crippen LogP contribution >= 0.6 is 0 Å². The minimum Gasteiger partial charge on any atom is -0.476 e. The fourth-order valence-electron chi connectivity index (χ4n) is 2.35. The number of carboxylic acids is 1. The molecule has 2 rings (SSSR count). The Morgan fingerprint density at radius 2 is 1.67 bits per heavy atom. The van der Waals surface area contributed by atoms with Crippen LogP contribution in [0, 0.1) is 0 Å². The molecule has 6 nitrogen and oxygen atoms in total. The van der Waals surface area contributed by atoms with Gasteiger partial charge in [0.1, 0.15) is 6.10 Å². The molecule has 0 saturated heterocycles. The van der Waals surface area contributed by atoms with Crippen LogP contribution in [-0.4, -0.2) is 11.1 Å². The van der Waals surface area contributed by atoms with Crippen molar-refractivity contribution in [3.8, 4) is 0 Å². The van der Waals surface area contributed by atoms with Gasteiger partial charge < -0.3 is 21.0 Å². The SMILES string of the molecule is NN/C(C(=O)O)=C(\N)OC(CCc1ccccc1)c1ccccc1. The highest BCUT2D eigenvalue weighted by molar-refractivity contribution is 5.86. The van der Waals surface area contributed by atoms with E-state index >= 15 is 0 Å². The molecule has 24 heavy (non-hydrogen) atoms. The van der Waals surface area contributed by atoms with E-state index in [-0.39, 0.29) is 17.7 Å². The van der Waals surface area contributed by atoms with Crippen molar-refractivity contribution in [3.63, 3.8) is 0 Å². The lowest BCUT2D eigenvalue weighted by Gasteiger charge is -2.20. The monoisotopic (exact) mass is 327 g/mol. The summed E-state index contributed by atoms with van der Waals surface area (Å²) in [6.45, 7) is 0. The van der Waals surface area contributed by atoms with Gasteiger partial charge in [0.25, 0.3) is 0 Å². The van der Waals surface area contributed by atoms with Crippen molar-refractivity contribution in [3.05, 3.63) is 83.4 Å². The first-order valence-electron chi connectivity index (χ1n) is 7.57. The van der Waals surface area contributed by atoms with Gasteiger partial charge in [0.05, 0.1) is 0 Å². The molecule has 2 aromatic carbocycles. The topological polar surface area (TPSA) is 111 Å². The lowest BCUT2D eigenvalue weighted by molar-refractivity contribution is -0.133. The smallest absolute Gasteiger partial charge is 0.358 e. The summed E-state index contributed by atoms with van der Waals surface area (Å²) >= 11 is 0. The first kappa shape index (κ1) is 17.4. The minimum absolute atomic E-state index is 0.244. The Kier molecular flexibility index (Phi) is 6.22. The predicted octanol–water partition coefficient (Wildman–Crippen LogP) is 2.05. The van der Waals surface area contributed by atoms with Crippen molar-refractivity contribution < 1.29 is 14.6 Å². The summed E-state index contributed by atoms with van der Waals surface area (Å²) < 4.78 is 5.71. The van der Waals surface area contributed by atoms with Crippen molar-refractivity contribution in [2.24, 2.45) is 11.6 Å². The molecule has 0 radical (unpaired) electrons. The Hall–Kier alpha value is -2.99. The number of carboxylic acid groups (broad SMARTS) is 1. The maximum absolute atomic E-state index is 11.1. The maximum Gasteiger partial charge on any atom is 0.358 e. The number of hydrogen-bond donors (Lipinski definition) is 4. The Balaban J connectivity index is 2.19. The molecule has 0 heterocycles. The summed E-state index contributed by atoms with van der Waals surface area (Å²) in [6, 6.07) is 19.5. The predicted molar refractivity (Wildman–Crippen MR) is 91.2 cm³/mol. The molecule has 2 aromatic rings. The molecule has 0 amide bonds. The van der Waals surface area contributed by atoms with Gasteiger partial charge in [-0.25, -0.2) is 4.79 Å². The van der Waals surface area contributed by atoms with E-state index in [9.17, 15) is 4.79 Å². The molecule has 1 unspecified atom stereocenters. The van der Waals surface area contributed by atoms with Crippen molar-refractivity contribution in [2.75, 3.05) is 0 Å². The van der Waals surface area contributed by atoms with Crippen LogP contribution < -0.4 is 17.0 Å². The van der Waals surface area contributed by atoms with E-state index in [0.29, 0.717) is 6.42 Å². The first-order chi connectivity index (χ1) is 11.6. The van der Waals surface area contributed by atoms with Gasteiger partial charge >= 0.3 is 5.97 Å². The van der Waals surface area contributed by atoms with Gasteiger partial charge in [-0.05, 0) is 24.0 Å². The molecule has 126 valence electrons. The van der Waals surface area contributed by atoms with E-state index in [4.69, 9.17) is 21.4 Å². The standard InChI is InChI=1S/C18H21N3O3/c19-17(16(21-20)18(22)23)24-15(14-9-5-2-6-10-14)12-11-13-7-3-1-4-8-13/h1-10,15,21H,11-12,19-20H2,(H,22,23)/b17-16+. The molecule has 6 N–H and O–H groups in total. The number of nitrogens with two attached hydrogens (primary N) is 2. The number of ether oxygens (including phenoxy) is 1. The van der Waals surface area contributed by atoms with Crippen molar-refractivity contribution in [1.29, 1.82) is 0 Å². The quantitative estimate of drug-likeness (QED) is 0.256. The fraction of sp³-hybridized carbons (Fsp3) is 0.167. The molecule has 0 aliphatic carbocycles. The van der Waals surface area contributed by atoms with E-state index in [1.807, 2.05) is 60.7 Å². The molecule has 0 aliphatic heterocycles. The second kappa shape index (κ2) is 8.59. The third-order valence-corrected chi connectivity index (χ3v) is 3.58. The Morgan fingerprint density at radius 3 is 2.21 bits per heavy atom. The summed E-state index contributed by atoms with van der Waals surface area (Å²) in [4.78, 5) is 11.1. The highest BCUT2D eigenvalue weighted by Gasteiger charge is 2.18.